The molecule has 0 fully saturated rings. The first-order valence-corrected chi connectivity index (χ1v) is 6.43. The summed E-state index contributed by atoms with van der Waals surface area (Å²) >= 11 is 0. The number of aryl methyl sites for hydroxylation is 1. The standard InChI is InChI=1S/C14H18N4O2/c1-4-17(14(19)10-20-3)13-9-18(16-11(13)2)12-6-5-7-15-8-12/h5-9H,4,10H2,1-3H3. The molecular formula is C14H18N4O2. The van der Waals surface area contributed by atoms with Crippen LogP contribution in [0.1, 0.15) is 12.6 Å². The van der Waals surface area contributed by atoms with Crippen LogP contribution in [0, 0.1) is 6.92 Å². The Hall–Kier alpha value is -2.21. The number of carbonyl (C=O) groups excluding carboxylic acids is 1. The molecule has 0 aliphatic rings. The molecule has 2 aromatic rings. The van der Waals surface area contributed by atoms with Gasteiger partial charge in [-0.15, -0.1) is 0 Å². The molecule has 0 unspecified atom stereocenters. The number of nitrogens with zero attached hydrogens (tertiary/aromatic N) is 4. The largest absolute Gasteiger partial charge is 0.375 e. The maximum absolute atomic E-state index is 12.0. The molecule has 20 heavy (non-hydrogen) atoms. The van der Waals surface area contributed by atoms with Gasteiger partial charge in [-0.25, -0.2) is 4.68 Å². The van der Waals surface area contributed by atoms with E-state index in [1.165, 1.54) is 7.11 Å². The van der Waals surface area contributed by atoms with Crippen LogP contribution in [0.4, 0.5) is 5.69 Å². The van der Waals surface area contributed by atoms with Crippen LogP contribution in [-0.4, -0.2) is 40.9 Å². The highest BCUT2D eigenvalue weighted by Crippen LogP contribution is 2.20. The van der Waals surface area contributed by atoms with Crippen molar-refractivity contribution in [2.24, 2.45) is 0 Å². The molecule has 0 saturated carbocycles. The minimum absolute atomic E-state index is 0.0609. The van der Waals surface area contributed by atoms with E-state index in [1.54, 1.807) is 22.0 Å². The van der Waals surface area contributed by atoms with Gasteiger partial charge in [-0.1, -0.05) is 0 Å². The summed E-state index contributed by atoms with van der Waals surface area (Å²) in [6, 6.07) is 3.76. The van der Waals surface area contributed by atoms with Gasteiger partial charge in [0.2, 0.25) is 0 Å². The van der Waals surface area contributed by atoms with Gasteiger partial charge in [-0.3, -0.25) is 9.78 Å². The summed E-state index contributed by atoms with van der Waals surface area (Å²) in [4.78, 5) is 17.8. The normalized spacial score (nSPS) is 10.6. The molecule has 0 aliphatic heterocycles. The molecule has 0 spiro atoms. The van der Waals surface area contributed by atoms with Crippen molar-refractivity contribution >= 4 is 11.6 Å². The number of hydrogen-bond acceptors (Lipinski definition) is 4. The van der Waals surface area contributed by atoms with Crippen molar-refractivity contribution in [2.45, 2.75) is 13.8 Å². The molecule has 0 N–H and O–H groups in total. The summed E-state index contributed by atoms with van der Waals surface area (Å²) in [6.45, 7) is 4.44. The Morgan fingerprint density at radius 3 is 2.90 bits per heavy atom. The van der Waals surface area contributed by atoms with Crippen molar-refractivity contribution in [1.82, 2.24) is 14.8 Å². The van der Waals surface area contributed by atoms with E-state index >= 15 is 0 Å². The molecular weight excluding hydrogens is 256 g/mol. The Kier molecular flexibility index (Phi) is 4.47. The maximum atomic E-state index is 12.0. The van der Waals surface area contributed by atoms with E-state index in [-0.39, 0.29) is 12.5 Å². The monoisotopic (exact) mass is 274 g/mol. The zero-order valence-corrected chi connectivity index (χ0v) is 11.9. The number of ether oxygens (including phenoxy) is 1. The van der Waals surface area contributed by atoms with Crippen molar-refractivity contribution in [3.05, 3.63) is 36.4 Å². The second-order valence-electron chi connectivity index (χ2n) is 4.33. The van der Waals surface area contributed by atoms with E-state index in [9.17, 15) is 4.79 Å². The molecule has 2 heterocycles. The summed E-state index contributed by atoms with van der Waals surface area (Å²) in [5.74, 6) is -0.0798. The highest BCUT2D eigenvalue weighted by molar-refractivity contribution is 5.94. The molecule has 6 nitrogen and oxygen atoms in total. The van der Waals surface area contributed by atoms with Crippen LogP contribution in [-0.2, 0) is 9.53 Å². The number of hydrogen-bond donors (Lipinski definition) is 0. The summed E-state index contributed by atoms with van der Waals surface area (Å²) in [7, 11) is 1.51. The summed E-state index contributed by atoms with van der Waals surface area (Å²) < 4.78 is 6.63. The Morgan fingerprint density at radius 1 is 1.50 bits per heavy atom. The molecule has 2 rings (SSSR count). The van der Waals surface area contributed by atoms with Crippen LogP contribution in [0.2, 0.25) is 0 Å². The number of pyridine rings is 1. The van der Waals surface area contributed by atoms with Crippen molar-refractivity contribution in [3.8, 4) is 5.69 Å². The van der Waals surface area contributed by atoms with Gasteiger partial charge in [0.15, 0.2) is 0 Å². The van der Waals surface area contributed by atoms with Crippen LogP contribution in [0.15, 0.2) is 30.7 Å². The highest BCUT2D eigenvalue weighted by Gasteiger charge is 2.18. The second-order valence-corrected chi connectivity index (χ2v) is 4.33. The van der Waals surface area contributed by atoms with Crippen LogP contribution in [0.25, 0.3) is 5.69 Å². The number of aromatic nitrogens is 3. The molecule has 0 bridgehead atoms. The Labute approximate surface area is 118 Å². The van der Waals surface area contributed by atoms with E-state index in [0.717, 1.165) is 17.1 Å². The fourth-order valence-corrected chi connectivity index (χ4v) is 2.02. The lowest BCUT2D eigenvalue weighted by atomic mass is 10.3. The lowest BCUT2D eigenvalue weighted by Gasteiger charge is -2.19. The predicted octanol–water partition coefficient (Wildman–Crippen LogP) is 1.58. The first kappa shape index (κ1) is 14.2. The molecule has 0 atom stereocenters. The number of methoxy groups -OCH3 is 1. The highest BCUT2D eigenvalue weighted by atomic mass is 16.5. The summed E-state index contributed by atoms with van der Waals surface area (Å²) in [5, 5.41) is 4.43. The minimum Gasteiger partial charge on any atom is -0.375 e. The van der Waals surface area contributed by atoms with Crippen LogP contribution in [0.3, 0.4) is 0 Å². The Balaban J connectivity index is 2.33. The number of rotatable bonds is 5. The van der Waals surface area contributed by atoms with Crippen LogP contribution in [0.5, 0.6) is 0 Å². The van der Waals surface area contributed by atoms with Crippen molar-refractivity contribution in [3.63, 3.8) is 0 Å². The van der Waals surface area contributed by atoms with E-state index in [1.807, 2.05) is 32.2 Å². The maximum Gasteiger partial charge on any atom is 0.253 e. The number of anilines is 1. The molecule has 2 aromatic heterocycles. The fourth-order valence-electron chi connectivity index (χ4n) is 2.02. The molecule has 0 aliphatic carbocycles. The predicted molar refractivity (Wildman–Crippen MR) is 76.0 cm³/mol. The lowest BCUT2D eigenvalue weighted by molar-refractivity contribution is -0.122. The first-order chi connectivity index (χ1) is 9.67. The topological polar surface area (TPSA) is 60.2 Å². The Bertz CT molecular complexity index is 580. The number of carbonyl (C=O) groups is 1. The SMILES string of the molecule is CCN(C(=O)COC)c1cn(-c2cccnc2)nc1C. The minimum atomic E-state index is -0.0798. The van der Waals surface area contributed by atoms with E-state index in [0.29, 0.717) is 6.54 Å². The van der Waals surface area contributed by atoms with Gasteiger partial charge in [-0.2, -0.15) is 5.10 Å². The second kappa shape index (κ2) is 6.29. The molecule has 1 amide bonds. The average molecular weight is 274 g/mol. The molecule has 0 saturated heterocycles. The van der Waals surface area contributed by atoms with Gasteiger partial charge in [0.25, 0.3) is 5.91 Å². The third kappa shape index (κ3) is 2.85. The fraction of sp³-hybridized carbons (Fsp3) is 0.357. The smallest absolute Gasteiger partial charge is 0.253 e. The summed E-state index contributed by atoms with van der Waals surface area (Å²) in [5.41, 5.74) is 2.44. The van der Waals surface area contributed by atoms with Crippen LogP contribution < -0.4 is 4.90 Å². The Morgan fingerprint density at radius 2 is 2.30 bits per heavy atom. The number of amides is 1. The van der Waals surface area contributed by atoms with E-state index < -0.39 is 0 Å². The van der Waals surface area contributed by atoms with Gasteiger partial charge < -0.3 is 9.64 Å². The average Bonchev–Trinajstić information content (AvgIpc) is 2.83. The van der Waals surface area contributed by atoms with Gasteiger partial charge in [0.05, 0.1) is 29.5 Å². The molecule has 6 heteroatoms. The molecule has 0 radical (unpaired) electrons. The van der Waals surface area contributed by atoms with Gasteiger partial charge in [0, 0.05) is 19.9 Å². The van der Waals surface area contributed by atoms with Gasteiger partial charge in [-0.05, 0) is 26.0 Å². The lowest BCUT2D eigenvalue weighted by Crippen LogP contribution is -2.33. The quantitative estimate of drug-likeness (QED) is 0.830. The zero-order chi connectivity index (χ0) is 14.5. The van der Waals surface area contributed by atoms with Crippen molar-refractivity contribution < 1.29 is 9.53 Å². The van der Waals surface area contributed by atoms with E-state index in [4.69, 9.17) is 4.74 Å². The zero-order valence-electron chi connectivity index (χ0n) is 11.9. The van der Waals surface area contributed by atoms with Crippen molar-refractivity contribution in [2.75, 3.05) is 25.2 Å². The number of likely N-dealkylation sites (N-methyl/N-ethyl adjacent to an activating group) is 1. The van der Waals surface area contributed by atoms with Gasteiger partial charge in [0.1, 0.15) is 6.61 Å². The molecule has 106 valence electrons. The van der Waals surface area contributed by atoms with Gasteiger partial charge >= 0.3 is 0 Å². The molecule has 0 aromatic carbocycles. The third-order valence-electron chi connectivity index (χ3n) is 2.96. The van der Waals surface area contributed by atoms with Crippen molar-refractivity contribution in [1.29, 1.82) is 0 Å². The van der Waals surface area contributed by atoms with Crippen LogP contribution >= 0.6 is 0 Å². The summed E-state index contributed by atoms with van der Waals surface area (Å²) in [6.07, 6.45) is 5.27. The first-order valence-electron chi connectivity index (χ1n) is 6.43. The third-order valence-corrected chi connectivity index (χ3v) is 2.96. The van der Waals surface area contributed by atoms with E-state index in [2.05, 4.69) is 10.1 Å².